The summed E-state index contributed by atoms with van der Waals surface area (Å²) in [6.07, 6.45) is 5.62. The van der Waals surface area contributed by atoms with Gasteiger partial charge in [-0.2, -0.15) is 0 Å². The maximum absolute atomic E-state index is 12.9. The number of nitrogens with zero attached hydrogens (tertiary/aromatic N) is 1. The van der Waals surface area contributed by atoms with Crippen molar-refractivity contribution in [1.82, 2.24) is 9.84 Å². The molecule has 6 nitrogen and oxygen atoms in total. The summed E-state index contributed by atoms with van der Waals surface area (Å²) in [7, 11) is -3.61. The van der Waals surface area contributed by atoms with E-state index in [4.69, 9.17) is 4.74 Å². The number of hydrogen-bond acceptors (Lipinski definition) is 5. The van der Waals surface area contributed by atoms with Crippen molar-refractivity contribution in [1.29, 1.82) is 0 Å². The minimum Gasteiger partial charge on any atom is -0.494 e. The van der Waals surface area contributed by atoms with Crippen LogP contribution in [-0.2, 0) is 15.4 Å². The van der Waals surface area contributed by atoms with E-state index in [9.17, 15) is 13.2 Å². The Bertz CT molecular complexity index is 1080. The lowest BCUT2D eigenvalue weighted by Crippen LogP contribution is -2.45. The molecule has 1 heterocycles. The third-order valence-corrected chi connectivity index (χ3v) is 8.05. The molecule has 4 rings (SSSR count). The van der Waals surface area contributed by atoms with Crippen molar-refractivity contribution in [2.75, 3.05) is 13.2 Å². The summed E-state index contributed by atoms with van der Waals surface area (Å²) < 4.78 is 31.7. The molecule has 1 aliphatic heterocycles. The predicted octanol–water partition coefficient (Wildman–Crippen LogP) is 5.09. The van der Waals surface area contributed by atoms with Gasteiger partial charge in [0.2, 0.25) is 0 Å². The smallest absolute Gasteiger partial charge is 0.253 e. The number of carbonyl (C=O) groups is 1. The number of hydrogen-bond donors (Lipinski definition) is 1. The Kier molecular flexibility index (Phi) is 7.45. The summed E-state index contributed by atoms with van der Waals surface area (Å²) in [6, 6.07) is 14.7. The molecule has 1 saturated carbocycles. The number of carbonyl (C=O) groups excluding carboxylic acids is 1. The molecular weight excluding hydrogens is 448 g/mol. The number of Topliss-reactive ketones (excluding diaryl/α,β-unsaturated/α-hetero) is 1. The highest BCUT2D eigenvalue weighted by atomic mass is 32.2. The van der Waals surface area contributed by atoms with Crippen LogP contribution in [-0.4, -0.2) is 38.4 Å². The Balaban J connectivity index is 1.25. The molecule has 0 amide bonds. The first-order valence-electron chi connectivity index (χ1n) is 12.3. The molecule has 1 aliphatic carbocycles. The van der Waals surface area contributed by atoms with E-state index in [0.717, 1.165) is 55.4 Å². The fourth-order valence-electron chi connectivity index (χ4n) is 4.40. The molecule has 7 heteroatoms. The van der Waals surface area contributed by atoms with E-state index in [-0.39, 0.29) is 28.1 Å². The molecule has 1 atom stereocenters. The summed E-state index contributed by atoms with van der Waals surface area (Å²) >= 11 is 0. The van der Waals surface area contributed by atoms with Crippen molar-refractivity contribution in [3.8, 4) is 5.75 Å². The highest BCUT2D eigenvalue weighted by molar-refractivity contribution is 7.89. The Morgan fingerprint density at radius 3 is 2.32 bits per heavy atom. The lowest BCUT2D eigenvalue weighted by Gasteiger charge is -2.25. The van der Waals surface area contributed by atoms with Gasteiger partial charge in [0.1, 0.15) is 5.75 Å². The van der Waals surface area contributed by atoms with Gasteiger partial charge in [-0.3, -0.25) is 4.79 Å². The van der Waals surface area contributed by atoms with Gasteiger partial charge in [0, 0.05) is 24.1 Å². The average molecular weight is 485 g/mol. The van der Waals surface area contributed by atoms with Crippen LogP contribution in [0.15, 0.2) is 53.4 Å². The molecule has 2 aromatic carbocycles. The lowest BCUT2D eigenvalue weighted by molar-refractivity contribution is 0.0967. The number of nitrogens with one attached hydrogen (secondary N) is 1. The van der Waals surface area contributed by atoms with Gasteiger partial charge in [-0.25, -0.2) is 13.4 Å². The number of ether oxygens (including phenoxy) is 1. The first-order chi connectivity index (χ1) is 16.1. The largest absolute Gasteiger partial charge is 0.494 e. The fraction of sp³-hybridized carbons (Fsp3) is 0.519. The summed E-state index contributed by atoms with van der Waals surface area (Å²) in [4.78, 5) is 15.2. The quantitative estimate of drug-likeness (QED) is 0.375. The van der Waals surface area contributed by atoms with Crippen LogP contribution in [0, 0.1) is 5.92 Å². The van der Waals surface area contributed by atoms with E-state index in [1.54, 1.807) is 12.1 Å². The molecule has 2 fully saturated rings. The zero-order valence-electron chi connectivity index (χ0n) is 20.4. The molecule has 0 spiro atoms. The average Bonchev–Trinajstić information content (AvgIpc) is 3.57. The van der Waals surface area contributed by atoms with Crippen LogP contribution in [0.1, 0.15) is 75.2 Å². The van der Waals surface area contributed by atoms with Crippen molar-refractivity contribution < 1.29 is 17.9 Å². The van der Waals surface area contributed by atoms with E-state index in [0.29, 0.717) is 13.2 Å². The van der Waals surface area contributed by atoms with Crippen LogP contribution in [0.25, 0.3) is 0 Å². The molecule has 1 saturated heterocycles. The van der Waals surface area contributed by atoms with Crippen molar-refractivity contribution in [3.05, 3.63) is 59.7 Å². The van der Waals surface area contributed by atoms with Gasteiger partial charge in [0.15, 0.2) is 5.78 Å². The molecule has 0 aromatic heterocycles. The summed E-state index contributed by atoms with van der Waals surface area (Å²) in [5.41, 5.74) is 1.85. The first kappa shape index (κ1) is 24.9. The number of ketones is 1. The molecule has 2 aliphatic rings. The Morgan fingerprint density at radius 1 is 1.03 bits per heavy atom. The number of sulfonamides is 1. The summed E-state index contributed by atoms with van der Waals surface area (Å²) in [5, 5.41) is 1.87. The lowest BCUT2D eigenvalue weighted by atomic mass is 9.87. The van der Waals surface area contributed by atoms with Crippen LogP contribution in [0.4, 0.5) is 0 Å². The molecule has 1 unspecified atom stereocenters. The third-order valence-electron chi connectivity index (χ3n) is 6.68. The zero-order chi connectivity index (χ0) is 24.3. The number of benzene rings is 2. The second-order valence-electron chi connectivity index (χ2n) is 10.5. The van der Waals surface area contributed by atoms with Gasteiger partial charge >= 0.3 is 0 Å². The Morgan fingerprint density at radius 2 is 1.71 bits per heavy atom. The van der Waals surface area contributed by atoms with Gasteiger partial charge < -0.3 is 4.74 Å². The van der Waals surface area contributed by atoms with Gasteiger partial charge in [-0.1, -0.05) is 32.9 Å². The topological polar surface area (TPSA) is 75.7 Å². The van der Waals surface area contributed by atoms with E-state index >= 15 is 0 Å². The van der Waals surface area contributed by atoms with Crippen molar-refractivity contribution in [2.45, 2.75) is 75.6 Å². The van der Waals surface area contributed by atoms with Crippen molar-refractivity contribution >= 4 is 15.8 Å². The second-order valence-corrected chi connectivity index (χ2v) is 12.2. The molecule has 0 bridgehead atoms. The second kappa shape index (κ2) is 10.2. The molecule has 184 valence electrons. The van der Waals surface area contributed by atoms with Crippen LogP contribution in [0.2, 0.25) is 0 Å². The predicted molar refractivity (Wildman–Crippen MR) is 133 cm³/mol. The minimum absolute atomic E-state index is 0.0199. The van der Waals surface area contributed by atoms with Gasteiger partial charge in [0.05, 0.1) is 11.5 Å². The Hall–Kier alpha value is -2.22. The van der Waals surface area contributed by atoms with Gasteiger partial charge in [-0.05, 0) is 85.9 Å². The first-order valence-corrected chi connectivity index (χ1v) is 13.8. The van der Waals surface area contributed by atoms with E-state index in [1.165, 1.54) is 0 Å². The van der Waals surface area contributed by atoms with Gasteiger partial charge in [0.25, 0.3) is 10.0 Å². The highest BCUT2D eigenvalue weighted by Gasteiger charge is 2.30. The zero-order valence-corrected chi connectivity index (χ0v) is 21.2. The maximum atomic E-state index is 12.9. The molecule has 0 radical (unpaired) electrons. The van der Waals surface area contributed by atoms with Crippen LogP contribution in [0.5, 0.6) is 5.75 Å². The number of rotatable bonds is 10. The molecule has 34 heavy (non-hydrogen) atoms. The monoisotopic (exact) mass is 484 g/mol. The van der Waals surface area contributed by atoms with Crippen LogP contribution < -0.4 is 9.57 Å². The number of hydrazine groups is 1. The van der Waals surface area contributed by atoms with E-state index < -0.39 is 10.0 Å². The third kappa shape index (κ3) is 6.26. The van der Waals surface area contributed by atoms with Crippen molar-refractivity contribution in [2.24, 2.45) is 5.92 Å². The minimum atomic E-state index is -3.61. The van der Waals surface area contributed by atoms with Gasteiger partial charge in [-0.15, -0.1) is 4.83 Å². The van der Waals surface area contributed by atoms with Crippen molar-refractivity contribution in [3.63, 3.8) is 0 Å². The molecule has 2 aromatic rings. The van der Waals surface area contributed by atoms with Crippen LogP contribution >= 0.6 is 0 Å². The standard InChI is InChI=1S/C27H36N2O4S/c1-27(2,3)22-12-16-25(17-13-22)34(31,32)28-29-18-4-6-23(29)7-5-19-33-24-14-10-21(11-15-24)26(30)20-8-9-20/h10-17,20,23,28H,4-9,18-19H2,1-3H3. The highest BCUT2D eigenvalue weighted by Crippen LogP contribution is 2.33. The molecular formula is C27H36N2O4S. The molecule has 1 N–H and O–H groups in total. The summed E-state index contributed by atoms with van der Waals surface area (Å²) in [6.45, 7) is 7.60. The maximum Gasteiger partial charge on any atom is 0.253 e. The Labute approximate surface area is 203 Å². The normalized spacial score (nSPS) is 19.3. The SMILES string of the molecule is CC(C)(C)c1ccc(S(=O)(=O)NN2CCCC2CCCOc2ccc(C(=O)C3CC3)cc2)cc1. The summed E-state index contributed by atoms with van der Waals surface area (Å²) in [5.74, 6) is 1.22. The van der Waals surface area contributed by atoms with Crippen LogP contribution in [0.3, 0.4) is 0 Å². The van der Waals surface area contributed by atoms with E-state index in [2.05, 4.69) is 25.6 Å². The van der Waals surface area contributed by atoms with E-state index in [1.807, 2.05) is 41.4 Å². The fourth-order valence-corrected chi connectivity index (χ4v) is 5.55.